The van der Waals surface area contributed by atoms with Crippen molar-refractivity contribution in [3.63, 3.8) is 0 Å². The third-order valence-electron chi connectivity index (χ3n) is 5.62. The number of anilines is 1. The normalized spacial score (nSPS) is 20.3. The van der Waals surface area contributed by atoms with Gasteiger partial charge in [-0.1, -0.05) is 48.4 Å². The van der Waals surface area contributed by atoms with Gasteiger partial charge >= 0.3 is 5.00 Å². The molecule has 0 fully saturated rings. The Kier molecular flexibility index (Phi) is 5.53. The molecular formula is C22H18Cl2N4O3S. The summed E-state index contributed by atoms with van der Waals surface area (Å²) in [5, 5.41) is 21.9. The summed E-state index contributed by atoms with van der Waals surface area (Å²) in [5.41, 5.74) is 8.05. The highest BCUT2D eigenvalue weighted by molar-refractivity contribution is 7.15. The van der Waals surface area contributed by atoms with Crippen LogP contribution in [0.4, 0.5) is 10.7 Å². The Morgan fingerprint density at radius 2 is 1.97 bits per heavy atom. The highest BCUT2D eigenvalue weighted by Gasteiger charge is 2.45. The fourth-order valence-electron chi connectivity index (χ4n) is 4.31. The molecule has 0 saturated heterocycles. The van der Waals surface area contributed by atoms with E-state index in [9.17, 15) is 20.2 Å². The predicted octanol–water partition coefficient (Wildman–Crippen LogP) is 5.90. The molecule has 7 nitrogen and oxygen atoms in total. The molecule has 2 aliphatic rings. The molecule has 1 aromatic heterocycles. The molecule has 1 aliphatic heterocycles. The fraction of sp³-hybridized carbons (Fsp3) is 0.273. The van der Waals surface area contributed by atoms with Crippen LogP contribution in [0, 0.1) is 26.9 Å². The van der Waals surface area contributed by atoms with Crippen LogP contribution in [0.1, 0.15) is 37.5 Å². The van der Waals surface area contributed by atoms with Crippen molar-refractivity contribution in [3.05, 3.63) is 78.0 Å². The van der Waals surface area contributed by atoms with Crippen LogP contribution < -0.4 is 10.6 Å². The van der Waals surface area contributed by atoms with Crippen molar-refractivity contribution in [2.45, 2.75) is 32.6 Å². The minimum absolute atomic E-state index is 0.0616. The molecule has 2 aromatic rings. The van der Waals surface area contributed by atoms with E-state index < -0.39 is 10.8 Å². The lowest BCUT2D eigenvalue weighted by Gasteiger charge is -2.43. The number of nitro groups is 1. The first-order valence-corrected chi connectivity index (χ1v) is 11.3. The lowest BCUT2D eigenvalue weighted by Crippen LogP contribution is -2.42. The van der Waals surface area contributed by atoms with Gasteiger partial charge in [-0.05, 0) is 36.1 Å². The average molecular weight is 489 g/mol. The fourth-order valence-corrected chi connectivity index (χ4v) is 5.54. The number of thiophene rings is 1. The SMILES string of the molecule is CC1(C)CC(=O)C2=C(C1)N(c1ccc(Cl)c(Cl)c1)C(N)=C(C#N)C2c1ccc([N+](=O)[O-])s1. The van der Waals surface area contributed by atoms with Crippen LogP contribution in [0.5, 0.6) is 0 Å². The second-order valence-electron chi connectivity index (χ2n) is 8.51. The number of nitrogens with zero attached hydrogens (tertiary/aromatic N) is 3. The van der Waals surface area contributed by atoms with Crippen LogP contribution in [0.3, 0.4) is 0 Å². The summed E-state index contributed by atoms with van der Waals surface area (Å²) >= 11 is 13.3. The topological polar surface area (TPSA) is 113 Å². The standard InChI is InChI=1S/C22H18Cl2N4O3S/c1-22(2)8-15-20(16(29)9-22)19(17-5-6-18(32-17)28(30)31)12(10-25)21(26)27(15)11-3-4-13(23)14(24)7-11/h3-7,19H,8-9,26H2,1-2H3. The molecule has 2 N–H and O–H groups in total. The zero-order valence-corrected chi connectivity index (χ0v) is 19.5. The van der Waals surface area contributed by atoms with Crippen LogP contribution >= 0.6 is 34.5 Å². The van der Waals surface area contributed by atoms with E-state index in [1.807, 2.05) is 13.8 Å². The number of nitrogens with two attached hydrogens (primary N) is 1. The van der Waals surface area contributed by atoms with Crippen molar-refractivity contribution in [2.75, 3.05) is 4.90 Å². The maximum atomic E-state index is 13.4. The molecule has 1 unspecified atom stereocenters. The molecule has 0 spiro atoms. The summed E-state index contributed by atoms with van der Waals surface area (Å²) < 4.78 is 0. The van der Waals surface area contributed by atoms with Gasteiger partial charge in [0, 0.05) is 34.3 Å². The number of hydrogen-bond acceptors (Lipinski definition) is 7. The summed E-state index contributed by atoms with van der Waals surface area (Å²) in [4.78, 5) is 26.4. The van der Waals surface area contributed by atoms with E-state index in [0.29, 0.717) is 44.7 Å². The molecule has 2 heterocycles. The van der Waals surface area contributed by atoms with Gasteiger partial charge in [0.15, 0.2) is 5.78 Å². The van der Waals surface area contributed by atoms with Crippen molar-refractivity contribution in [3.8, 4) is 6.07 Å². The van der Waals surface area contributed by atoms with Gasteiger partial charge in [-0.3, -0.25) is 19.8 Å². The molecule has 10 heteroatoms. The lowest BCUT2D eigenvalue weighted by molar-refractivity contribution is -0.380. The molecule has 1 aliphatic carbocycles. The first-order chi connectivity index (χ1) is 15.0. The highest BCUT2D eigenvalue weighted by atomic mass is 35.5. The van der Waals surface area contributed by atoms with Crippen LogP contribution in [-0.2, 0) is 4.79 Å². The van der Waals surface area contributed by atoms with Crippen molar-refractivity contribution in [1.29, 1.82) is 5.26 Å². The number of rotatable bonds is 3. The largest absolute Gasteiger partial charge is 0.384 e. The van der Waals surface area contributed by atoms with Gasteiger partial charge in [-0.2, -0.15) is 5.26 Å². The molecular weight excluding hydrogens is 471 g/mol. The van der Waals surface area contributed by atoms with Gasteiger partial charge in [0.2, 0.25) is 0 Å². The Balaban J connectivity index is 1.99. The van der Waals surface area contributed by atoms with Crippen molar-refractivity contribution < 1.29 is 9.72 Å². The van der Waals surface area contributed by atoms with Gasteiger partial charge in [-0.25, -0.2) is 0 Å². The quantitative estimate of drug-likeness (QED) is 0.424. The van der Waals surface area contributed by atoms with Crippen molar-refractivity contribution >= 4 is 51.0 Å². The van der Waals surface area contributed by atoms with E-state index >= 15 is 0 Å². The number of hydrogen-bond donors (Lipinski definition) is 1. The third kappa shape index (κ3) is 3.66. The summed E-state index contributed by atoms with van der Waals surface area (Å²) in [6, 6.07) is 10.1. The van der Waals surface area contributed by atoms with E-state index in [1.54, 1.807) is 29.2 Å². The first-order valence-electron chi connectivity index (χ1n) is 9.69. The number of carbonyl (C=O) groups excluding carboxylic acids is 1. The average Bonchev–Trinajstić information content (AvgIpc) is 3.19. The number of allylic oxidation sites excluding steroid dienone is 3. The van der Waals surface area contributed by atoms with Crippen LogP contribution in [0.2, 0.25) is 10.0 Å². The zero-order valence-electron chi connectivity index (χ0n) is 17.2. The maximum absolute atomic E-state index is 13.4. The lowest BCUT2D eigenvalue weighted by atomic mass is 9.69. The summed E-state index contributed by atoms with van der Waals surface area (Å²) in [6.45, 7) is 3.98. The van der Waals surface area contributed by atoms with Gasteiger partial charge in [0.05, 0.1) is 32.5 Å². The van der Waals surface area contributed by atoms with Crippen molar-refractivity contribution in [1.82, 2.24) is 0 Å². The van der Waals surface area contributed by atoms with Crippen LogP contribution in [0.25, 0.3) is 0 Å². The monoisotopic (exact) mass is 488 g/mol. The molecule has 0 amide bonds. The van der Waals surface area contributed by atoms with Gasteiger partial charge in [0.1, 0.15) is 5.82 Å². The van der Waals surface area contributed by atoms with Crippen LogP contribution in [-0.4, -0.2) is 10.7 Å². The molecule has 0 bridgehead atoms. The maximum Gasteiger partial charge on any atom is 0.324 e. The van der Waals surface area contributed by atoms with E-state index in [1.165, 1.54) is 6.07 Å². The summed E-state index contributed by atoms with van der Waals surface area (Å²) in [7, 11) is 0. The third-order valence-corrected chi connectivity index (χ3v) is 7.46. The molecule has 0 radical (unpaired) electrons. The van der Waals surface area contributed by atoms with Gasteiger partial charge in [0.25, 0.3) is 0 Å². The Labute approximate surface area is 198 Å². The molecule has 164 valence electrons. The number of nitriles is 1. The Morgan fingerprint density at radius 3 is 2.56 bits per heavy atom. The van der Waals surface area contributed by atoms with Gasteiger partial charge < -0.3 is 5.73 Å². The summed E-state index contributed by atoms with van der Waals surface area (Å²) in [6.07, 6.45) is 0.821. The van der Waals surface area contributed by atoms with E-state index in [-0.39, 0.29) is 27.6 Å². The number of benzene rings is 1. The minimum atomic E-state index is -0.753. The smallest absolute Gasteiger partial charge is 0.324 e. The van der Waals surface area contributed by atoms with Crippen LogP contribution in [0.15, 0.2) is 53.0 Å². The Morgan fingerprint density at radius 1 is 1.25 bits per heavy atom. The Bertz CT molecular complexity index is 1270. The minimum Gasteiger partial charge on any atom is -0.384 e. The van der Waals surface area contributed by atoms with E-state index in [0.717, 1.165) is 11.3 Å². The molecule has 0 saturated carbocycles. The number of halogens is 2. The highest BCUT2D eigenvalue weighted by Crippen LogP contribution is 2.51. The summed E-state index contributed by atoms with van der Waals surface area (Å²) in [5.74, 6) is -0.699. The molecule has 1 aromatic carbocycles. The number of carbonyl (C=O) groups is 1. The second kappa shape index (κ2) is 7.93. The predicted molar refractivity (Wildman–Crippen MR) is 125 cm³/mol. The number of ketones is 1. The van der Waals surface area contributed by atoms with Crippen molar-refractivity contribution in [2.24, 2.45) is 11.1 Å². The first kappa shape index (κ1) is 22.3. The van der Waals surface area contributed by atoms with Gasteiger partial charge in [-0.15, -0.1) is 0 Å². The van der Waals surface area contributed by atoms with E-state index in [4.69, 9.17) is 28.9 Å². The number of Topliss-reactive ketones (excluding diaryl/α,β-unsaturated/α-hetero) is 1. The molecule has 4 rings (SSSR count). The zero-order chi connectivity index (χ0) is 23.4. The molecule has 1 atom stereocenters. The Hall–Kier alpha value is -2.86. The second-order valence-corrected chi connectivity index (χ2v) is 10.4. The van der Waals surface area contributed by atoms with E-state index in [2.05, 4.69) is 6.07 Å². The molecule has 32 heavy (non-hydrogen) atoms.